The van der Waals surface area contributed by atoms with Crippen LogP contribution in [0.3, 0.4) is 0 Å². The monoisotopic (exact) mass is 566 g/mol. The Morgan fingerprint density at radius 2 is 1.74 bits per heavy atom. The fourth-order valence-electron chi connectivity index (χ4n) is 7.66. The Morgan fingerprint density at radius 3 is 2.50 bits per heavy atom. The number of amides is 2. The first-order valence-electron chi connectivity index (χ1n) is 14.7. The van der Waals surface area contributed by atoms with Crippen LogP contribution in [0.1, 0.15) is 54.4 Å². The number of nitrogens with one attached hydrogen (secondary N) is 3. The van der Waals surface area contributed by atoms with Crippen molar-refractivity contribution in [3.8, 4) is 5.69 Å². The number of fused-ring (bicyclic) bond motifs is 1. The number of nitrogens with zero attached hydrogens (tertiary/aromatic N) is 5. The van der Waals surface area contributed by atoms with E-state index in [1.165, 1.54) is 19.3 Å². The highest BCUT2D eigenvalue weighted by molar-refractivity contribution is 5.95. The first-order valence-corrected chi connectivity index (χ1v) is 14.7. The Hall–Kier alpha value is -4.38. The summed E-state index contributed by atoms with van der Waals surface area (Å²) in [5.74, 6) is 2.46. The Labute approximate surface area is 243 Å². The molecule has 4 saturated carbocycles. The van der Waals surface area contributed by atoms with Crippen molar-refractivity contribution in [2.75, 3.05) is 18.5 Å². The zero-order chi connectivity index (χ0) is 28.7. The number of aliphatic hydroxyl groups is 1. The molecule has 42 heavy (non-hydrogen) atoms. The van der Waals surface area contributed by atoms with Crippen LogP contribution in [0.4, 0.5) is 11.6 Å². The molecule has 11 heteroatoms. The zero-order valence-corrected chi connectivity index (χ0v) is 23.3. The van der Waals surface area contributed by atoms with Crippen molar-refractivity contribution < 1.29 is 14.7 Å². The van der Waals surface area contributed by atoms with Crippen molar-refractivity contribution in [3.63, 3.8) is 0 Å². The topological polar surface area (TPSA) is 147 Å². The van der Waals surface area contributed by atoms with Crippen LogP contribution in [-0.2, 0) is 11.3 Å². The standard InChI is InChI=1S/C31H34N8O3/c40-8-7-32-28(41)23-4-2-5-24(13-23)35-30-34-18-26-27(36-30)39(38-37-26)25-6-1-3-19(12-25)17-33-29(42)31-14-20-9-21(15-31)11-22(10-20)16-31/h1-6,12-13,18,20-22,40H,7-11,14-17H2,(H,32,41)(H,33,42)(H,34,35,36). The third-order valence-electron chi connectivity index (χ3n) is 9.10. The van der Waals surface area contributed by atoms with Crippen LogP contribution < -0.4 is 16.0 Å². The molecule has 0 aliphatic heterocycles. The second-order valence-electron chi connectivity index (χ2n) is 12.1. The number of benzene rings is 2. The van der Waals surface area contributed by atoms with Crippen LogP contribution in [-0.4, -0.2) is 55.0 Å². The van der Waals surface area contributed by atoms with Gasteiger partial charge in [-0.1, -0.05) is 23.4 Å². The lowest BCUT2D eigenvalue weighted by molar-refractivity contribution is -0.146. The third-order valence-corrected chi connectivity index (χ3v) is 9.10. The van der Waals surface area contributed by atoms with E-state index in [-0.39, 0.29) is 30.4 Å². The summed E-state index contributed by atoms with van der Waals surface area (Å²) in [7, 11) is 0. The van der Waals surface area contributed by atoms with E-state index in [4.69, 9.17) is 5.11 Å². The van der Waals surface area contributed by atoms with Crippen LogP contribution in [0.25, 0.3) is 16.9 Å². The number of hydrogen-bond acceptors (Lipinski definition) is 8. The molecule has 4 N–H and O–H groups in total. The average Bonchev–Trinajstić information content (AvgIpc) is 3.41. The highest BCUT2D eigenvalue weighted by Crippen LogP contribution is 2.60. The van der Waals surface area contributed by atoms with Gasteiger partial charge < -0.3 is 21.1 Å². The normalized spacial score (nSPS) is 24.1. The van der Waals surface area contributed by atoms with E-state index in [1.807, 2.05) is 30.3 Å². The van der Waals surface area contributed by atoms with Gasteiger partial charge in [0, 0.05) is 29.8 Å². The molecule has 0 saturated heterocycles. The van der Waals surface area contributed by atoms with Crippen molar-refractivity contribution in [1.29, 1.82) is 0 Å². The third kappa shape index (κ3) is 5.09. The molecule has 4 fully saturated rings. The molecule has 2 amide bonds. The minimum atomic E-state index is -0.277. The van der Waals surface area contributed by atoms with Gasteiger partial charge in [-0.3, -0.25) is 9.59 Å². The summed E-state index contributed by atoms with van der Waals surface area (Å²) < 4.78 is 1.66. The smallest absolute Gasteiger partial charge is 0.251 e. The second-order valence-corrected chi connectivity index (χ2v) is 12.1. The minimum Gasteiger partial charge on any atom is -0.395 e. The van der Waals surface area contributed by atoms with Crippen molar-refractivity contribution >= 4 is 34.6 Å². The Balaban J connectivity index is 1.06. The fourth-order valence-corrected chi connectivity index (χ4v) is 7.66. The predicted octanol–water partition coefficient (Wildman–Crippen LogP) is 3.51. The average molecular weight is 567 g/mol. The maximum atomic E-state index is 13.5. The Morgan fingerprint density at radius 1 is 0.976 bits per heavy atom. The molecule has 2 heterocycles. The molecule has 2 aromatic heterocycles. The van der Waals surface area contributed by atoms with E-state index in [2.05, 4.69) is 36.2 Å². The quantitative estimate of drug-likeness (QED) is 0.241. The molecule has 4 aromatic rings. The number of aliphatic hydroxyl groups excluding tert-OH is 1. The van der Waals surface area contributed by atoms with Crippen LogP contribution in [0.15, 0.2) is 54.7 Å². The van der Waals surface area contributed by atoms with E-state index in [9.17, 15) is 9.59 Å². The molecule has 4 aliphatic rings. The maximum Gasteiger partial charge on any atom is 0.251 e. The van der Waals surface area contributed by atoms with E-state index in [0.29, 0.717) is 34.9 Å². The van der Waals surface area contributed by atoms with Crippen molar-refractivity contribution in [2.45, 2.75) is 45.1 Å². The summed E-state index contributed by atoms with van der Waals surface area (Å²) in [4.78, 5) is 34.7. The molecule has 0 spiro atoms. The molecular formula is C31H34N8O3. The van der Waals surface area contributed by atoms with Crippen LogP contribution >= 0.6 is 0 Å². The number of aromatic nitrogens is 5. The van der Waals surface area contributed by atoms with Crippen molar-refractivity contribution in [1.82, 2.24) is 35.6 Å². The molecule has 8 rings (SSSR count). The van der Waals surface area contributed by atoms with Crippen LogP contribution in [0.2, 0.25) is 0 Å². The van der Waals surface area contributed by atoms with Gasteiger partial charge in [0.05, 0.1) is 18.5 Å². The van der Waals surface area contributed by atoms with Gasteiger partial charge in [-0.15, -0.1) is 5.10 Å². The van der Waals surface area contributed by atoms with Gasteiger partial charge in [-0.25, -0.2) is 4.98 Å². The van der Waals surface area contributed by atoms with Gasteiger partial charge in [0.25, 0.3) is 5.91 Å². The number of carbonyl (C=O) groups is 2. The van der Waals surface area contributed by atoms with Crippen molar-refractivity contribution in [2.24, 2.45) is 23.2 Å². The van der Waals surface area contributed by atoms with Crippen LogP contribution in [0, 0.1) is 23.2 Å². The maximum absolute atomic E-state index is 13.5. The number of anilines is 2. The SMILES string of the molecule is O=C(NCCO)c1cccc(Nc2ncc3nnn(-c4cccc(CNC(=O)C56CC7CC(CC(C7)C5)C6)c4)c3n2)c1. The lowest BCUT2D eigenvalue weighted by atomic mass is 9.49. The molecule has 0 atom stereocenters. The molecule has 2 aromatic carbocycles. The van der Waals surface area contributed by atoms with E-state index in [0.717, 1.165) is 48.3 Å². The van der Waals surface area contributed by atoms with E-state index in [1.54, 1.807) is 29.1 Å². The van der Waals surface area contributed by atoms with Crippen LogP contribution in [0.5, 0.6) is 0 Å². The first-order chi connectivity index (χ1) is 20.5. The predicted molar refractivity (Wildman–Crippen MR) is 156 cm³/mol. The summed E-state index contributed by atoms with van der Waals surface area (Å²) >= 11 is 0. The second kappa shape index (κ2) is 10.8. The molecule has 0 unspecified atom stereocenters. The Kier molecular flexibility index (Phi) is 6.81. The largest absolute Gasteiger partial charge is 0.395 e. The van der Waals surface area contributed by atoms with Gasteiger partial charge in [0.2, 0.25) is 11.9 Å². The zero-order valence-electron chi connectivity index (χ0n) is 23.3. The lowest BCUT2D eigenvalue weighted by Gasteiger charge is -2.55. The summed E-state index contributed by atoms with van der Waals surface area (Å²) in [5, 5.41) is 26.6. The van der Waals surface area contributed by atoms with Gasteiger partial charge in [0.15, 0.2) is 11.2 Å². The fraction of sp³-hybridized carbons (Fsp3) is 0.419. The summed E-state index contributed by atoms with van der Waals surface area (Å²) in [6.07, 6.45) is 8.69. The lowest BCUT2D eigenvalue weighted by Crippen LogP contribution is -2.53. The molecule has 4 bridgehead atoms. The first kappa shape index (κ1) is 26.5. The van der Waals surface area contributed by atoms with E-state index >= 15 is 0 Å². The van der Waals surface area contributed by atoms with Gasteiger partial charge in [0.1, 0.15) is 0 Å². The highest BCUT2D eigenvalue weighted by atomic mass is 16.3. The van der Waals surface area contributed by atoms with E-state index < -0.39 is 0 Å². The Bertz CT molecular complexity index is 1610. The minimum absolute atomic E-state index is 0.126. The van der Waals surface area contributed by atoms with Gasteiger partial charge in [-0.05, 0) is 92.2 Å². The summed E-state index contributed by atoms with van der Waals surface area (Å²) in [6, 6.07) is 14.8. The molecule has 0 radical (unpaired) electrons. The van der Waals surface area contributed by atoms with Crippen molar-refractivity contribution in [3.05, 3.63) is 65.9 Å². The number of carbonyl (C=O) groups excluding carboxylic acids is 2. The van der Waals surface area contributed by atoms with Gasteiger partial charge in [-0.2, -0.15) is 9.67 Å². The molecule has 216 valence electrons. The summed E-state index contributed by atoms with van der Waals surface area (Å²) in [6.45, 7) is 0.520. The molecular weight excluding hydrogens is 532 g/mol. The van der Waals surface area contributed by atoms with Gasteiger partial charge >= 0.3 is 0 Å². The summed E-state index contributed by atoms with van der Waals surface area (Å²) in [5.41, 5.74) is 3.76. The highest BCUT2D eigenvalue weighted by Gasteiger charge is 2.54. The molecule has 11 nitrogen and oxygen atoms in total. The number of hydrogen-bond donors (Lipinski definition) is 4. The number of rotatable bonds is 9. The molecule has 4 aliphatic carbocycles.